The summed E-state index contributed by atoms with van der Waals surface area (Å²) in [5, 5.41) is 96.5. The second-order valence-electron chi connectivity index (χ2n) is 4.88. The molecule has 12 nitrogen and oxygen atoms in total. The molecule has 0 spiro atoms. The van der Waals surface area contributed by atoms with Gasteiger partial charge in [-0.1, -0.05) is 0 Å². The molecule has 1 unspecified atom stereocenters. The van der Waals surface area contributed by atoms with E-state index >= 15 is 0 Å². The topological polar surface area (TPSA) is 221 Å². The third-order valence-corrected chi connectivity index (χ3v) is 3.54. The largest absolute Gasteiger partial charge is 0.377 e. The second kappa shape index (κ2) is 4.10. The minimum atomic E-state index is -4.37. The van der Waals surface area contributed by atoms with Crippen LogP contribution in [0.15, 0.2) is 12.3 Å². The number of nitrogens with zero attached hydrogens (tertiary/aromatic N) is 3. The molecule has 0 aliphatic heterocycles. The standard InChI is InChI=1S/C9H13N3O9/c13-5(4-1-2-10-12-11-4)3-6(14,15)8(18,19)9(20,21)7(5,16)17/h1-2,13-21H,3H2. The highest BCUT2D eigenvalue weighted by atomic mass is 16.7. The predicted octanol–water partition coefficient (Wildman–Crippen LogP) is -5.81. The van der Waals surface area contributed by atoms with Crippen molar-refractivity contribution >= 4 is 0 Å². The number of hydrogen-bond donors (Lipinski definition) is 9. The van der Waals surface area contributed by atoms with Crippen LogP contribution in [-0.4, -0.2) is 84.5 Å². The molecule has 1 aromatic rings. The van der Waals surface area contributed by atoms with Gasteiger partial charge in [-0.2, -0.15) is 0 Å². The molecule has 0 radical (unpaired) electrons. The van der Waals surface area contributed by atoms with Gasteiger partial charge >= 0.3 is 0 Å². The third kappa shape index (κ3) is 1.73. The van der Waals surface area contributed by atoms with Crippen molar-refractivity contribution in [2.75, 3.05) is 0 Å². The van der Waals surface area contributed by atoms with Crippen LogP contribution in [0.3, 0.4) is 0 Å². The molecule has 1 aliphatic carbocycles. The van der Waals surface area contributed by atoms with Crippen molar-refractivity contribution in [3.63, 3.8) is 0 Å². The Bertz CT molecular complexity index is 547. The lowest BCUT2D eigenvalue weighted by Gasteiger charge is -2.57. The zero-order chi connectivity index (χ0) is 16.3. The fourth-order valence-electron chi connectivity index (χ4n) is 2.14. The Labute approximate surface area is 115 Å². The van der Waals surface area contributed by atoms with Crippen molar-refractivity contribution in [1.82, 2.24) is 15.4 Å². The maximum Gasteiger partial charge on any atom is 0.283 e. The lowest BCUT2D eigenvalue weighted by Crippen LogP contribution is -2.85. The first-order valence-corrected chi connectivity index (χ1v) is 5.47. The van der Waals surface area contributed by atoms with Crippen LogP contribution in [0.2, 0.25) is 0 Å². The van der Waals surface area contributed by atoms with E-state index in [0.29, 0.717) is 0 Å². The molecule has 1 heterocycles. The van der Waals surface area contributed by atoms with Crippen LogP contribution in [0.4, 0.5) is 0 Å². The van der Waals surface area contributed by atoms with E-state index < -0.39 is 40.9 Å². The average molecular weight is 307 g/mol. The minimum absolute atomic E-state index is 0.738. The van der Waals surface area contributed by atoms with E-state index in [0.717, 1.165) is 12.3 Å². The summed E-state index contributed by atoms with van der Waals surface area (Å²) >= 11 is 0. The fraction of sp³-hybridized carbons (Fsp3) is 0.667. The highest BCUT2D eigenvalue weighted by molar-refractivity contribution is 5.24. The Morgan fingerprint density at radius 1 is 0.810 bits per heavy atom. The van der Waals surface area contributed by atoms with E-state index in [1.807, 2.05) is 0 Å². The summed E-state index contributed by atoms with van der Waals surface area (Å²) in [7, 11) is 0. The Hall–Kier alpha value is -1.35. The van der Waals surface area contributed by atoms with Crippen LogP contribution >= 0.6 is 0 Å². The molecule has 1 fully saturated rings. The van der Waals surface area contributed by atoms with E-state index in [4.69, 9.17) is 0 Å². The SMILES string of the molecule is OC1(O)CC(O)(c2ccnnn2)C(O)(O)C(O)(O)C1(O)O. The Kier molecular flexibility index (Phi) is 3.13. The van der Waals surface area contributed by atoms with Gasteiger partial charge in [-0.3, -0.25) is 0 Å². The Morgan fingerprint density at radius 3 is 1.86 bits per heavy atom. The van der Waals surface area contributed by atoms with Crippen LogP contribution in [0.1, 0.15) is 12.1 Å². The molecule has 0 bridgehead atoms. The number of hydrogen-bond acceptors (Lipinski definition) is 12. The predicted molar refractivity (Wildman–Crippen MR) is 57.0 cm³/mol. The van der Waals surface area contributed by atoms with E-state index in [1.54, 1.807) is 0 Å². The lowest BCUT2D eigenvalue weighted by atomic mass is 9.67. The van der Waals surface area contributed by atoms with Crippen LogP contribution in [0.25, 0.3) is 0 Å². The van der Waals surface area contributed by atoms with Gasteiger partial charge < -0.3 is 46.0 Å². The normalized spacial score (nSPS) is 32.6. The molecular formula is C9H13N3O9. The maximum absolute atomic E-state index is 10.3. The summed E-state index contributed by atoms with van der Waals surface area (Å²) in [5.74, 6) is -16.4. The average Bonchev–Trinajstić information content (AvgIpc) is 2.37. The van der Waals surface area contributed by atoms with Crippen molar-refractivity contribution in [1.29, 1.82) is 0 Å². The zero-order valence-corrected chi connectivity index (χ0v) is 10.2. The minimum Gasteiger partial charge on any atom is -0.377 e. The van der Waals surface area contributed by atoms with Gasteiger partial charge in [0.05, 0.1) is 6.20 Å². The Balaban J connectivity index is 2.70. The summed E-state index contributed by atoms with van der Waals surface area (Å²) in [6.45, 7) is 0. The summed E-state index contributed by atoms with van der Waals surface area (Å²) in [6, 6.07) is 0.863. The molecule has 1 saturated carbocycles. The zero-order valence-electron chi connectivity index (χ0n) is 10.2. The maximum atomic E-state index is 10.3. The summed E-state index contributed by atoms with van der Waals surface area (Å²) in [6.07, 6.45) is -0.620. The first-order valence-electron chi connectivity index (χ1n) is 5.47. The van der Waals surface area contributed by atoms with Gasteiger partial charge in [0.2, 0.25) is 5.79 Å². The summed E-state index contributed by atoms with van der Waals surface area (Å²) in [5.41, 5.74) is -3.97. The number of aromatic nitrogens is 3. The molecule has 9 N–H and O–H groups in total. The third-order valence-electron chi connectivity index (χ3n) is 3.54. The smallest absolute Gasteiger partial charge is 0.283 e. The van der Waals surface area contributed by atoms with Gasteiger partial charge in [0.25, 0.3) is 17.4 Å². The van der Waals surface area contributed by atoms with Crippen LogP contribution in [0.5, 0.6) is 0 Å². The fourth-order valence-corrected chi connectivity index (χ4v) is 2.14. The van der Waals surface area contributed by atoms with Gasteiger partial charge in [-0.05, 0) is 11.3 Å². The van der Waals surface area contributed by atoms with E-state index in [1.165, 1.54) is 0 Å². The van der Waals surface area contributed by atoms with E-state index in [9.17, 15) is 46.0 Å². The van der Waals surface area contributed by atoms with Gasteiger partial charge in [-0.25, -0.2) is 0 Å². The highest BCUT2D eigenvalue weighted by Gasteiger charge is 2.82. The molecule has 2 rings (SSSR count). The van der Waals surface area contributed by atoms with Crippen molar-refractivity contribution in [2.24, 2.45) is 0 Å². The molecule has 1 atom stereocenters. The number of rotatable bonds is 1. The molecule has 1 aromatic heterocycles. The second-order valence-corrected chi connectivity index (χ2v) is 4.88. The molecule has 0 aromatic carbocycles. The van der Waals surface area contributed by atoms with E-state index in [2.05, 4.69) is 15.4 Å². The van der Waals surface area contributed by atoms with E-state index in [-0.39, 0.29) is 0 Å². The van der Waals surface area contributed by atoms with Gasteiger partial charge in [0.15, 0.2) is 5.60 Å². The van der Waals surface area contributed by atoms with Gasteiger partial charge in [-0.15, -0.1) is 10.2 Å². The molecule has 118 valence electrons. The first kappa shape index (κ1) is 16.0. The summed E-state index contributed by atoms with van der Waals surface area (Å²) < 4.78 is 0. The molecule has 0 saturated heterocycles. The molecule has 1 aliphatic rings. The van der Waals surface area contributed by atoms with Crippen molar-refractivity contribution < 1.29 is 46.0 Å². The van der Waals surface area contributed by atoms with Crippen LogP contribution in [-0.2, 0) is 5.60 Å². The highest BCUT2D eigenvalue weighted by Crippen LogP contribution is 2.53. The van der Waals surface area contributed by atoms with Crippen LogP contribution in [0, 0.1) is 0 Å². The van der Waals surface area contributed by atoms with Crippen LogP contribution < -0.4 is 0 Å². The number of aliphatic hydroxyl groups is 9. The van der Waals surface area contributed by atoms with Crippen molar-refractivity contribution in [2.45, 2.75) is 35.2 Å². The van der Waals surface area contributed by atoms with Gasteiger partial charge in [0.1, 0.15) is 5.69 Å². The first-order chi connectivity index (χ1) is 9.31. The molecule has 0 amide bonds. The van der Waals surface area contributed by atoms with Crippen molar-refractivity contribution in [3.8, 4) is 0 Å². The summed E-state index contributed by atoms with van der Waals surface area (Å²) in [4.78, 5) is 0. The Morgan fingerprint density at radius 2 is 1.38 bits per heavy atom. The van der Waals surface area contributed by atoms with Gasteiger partial charge in [0, 0.05) is 6.42 Å². The molecule has 21 heavy (non-hydrogen) atoms. The molecular weight excluding hydrogens is 294 g/mol. The van der Waals surface area contributed by atoms with Crippen molar-refractivity contribution in [3.05, 3.63) is 18.0 Å². The molecule has 12 heteroatoms. The quantitative estimate of drug-likeness (QED) is 0.221. The monoisotopic (exact) mass is 307 g/mol. The lowest BCUT2D eigenvalue weighted by molar-refractivity contribution is -0.557.